The van der Waals surface area contributed by atoms with Gasteiger partial charge in [-0.3, -0.25) is 14.2 Å². The molecule has 0 N–H and O–H groups in total. The molecule has 5 nitrogen and oxygen atoms in total. The van der Waals surface area contributed by atoms with Gasteiger partial charge in [-0.2, -0.15) is 0 Å². The van der Waals surface area contributed by atoms with Gasteiger partial charge < -0.3 is 4.90 Å². The normalized spacial score (nSPS) is 11.0. The third kappa shape index (κ3) is 2.47. The molecule has 0 spiro atoms. The van der Waals surface area contributed by atoms with Crippen molar-refractivity contribution >= 4 is 27.5 Å². The third-order valence-electron chi connectivity index (χ3n) is 3.58. The van der Waals surface area contributed by atoms with E-state index in [9.17, 15) is 9.59 Å². The van der Waals surface area contributed by atoms with Crippen LogP contribution in [0.2, 0.25) is 0 Å². The first-order valence-electron chi connectivity index (χ1n) is 6.72. The maximum Gasteiger partial charge on any atom is 0.262 e. The first-order valence-corrected chi connectivity index (χ1v) is 7.54. The van der Waals surface area contributed by atoms with E-state index in [2.05, 4.69) is 4.98 Å². The fraction of sp³-hybridized carbons (Fsp3) is 0.500. The Morgan fingerprint density at radius 1 is 1.35 bits per heavy atom. The Morgan fingerprint density at radius 3 is 2.60 bits per heavy atom. The van der Waals surface area contributed by atoms with Gasteiger partial charge in [0.15, 0.2) is 0 Å². The van der Waals surface area contributed by atoms with Crippen molar-refractivity contribution in [3.8, 4) is 0 Å². The molecule has 0 atom stereocenters. The summed E-state index contributed by atoms with van der Waals surface area (Å²) in [5, 5.41) is 0.641. The van der Waals surface area contributed by atoms with E-state index in [-0.39, 0.29) is 18.0 Å². The average Bonchev–Trinajstić information content (AvgIpc) is 2.71. The number of fused-ring (bicyclic) bond motifs is 1. The van der Waals surface area contributed by atoms with Crippen molar-refractivity contribution in [2.45, 2.75) is 34.2 Å². The van der Waals surface area contributed by atoms with Crippen molar-refractivity contribution in [3.63, 3.8) is 0 Å². The zero-order valence-electron chi connectivity index (χ0n) is 12.3. The molecule has 0 aliphatic carbocycles. The van der Waals surface area contributed by atoms with E-state index in [1.165, 1.54) is 22.2 Å². The minimum Gasteiger partial charge on any atom is -0.342 e. The summed E-state index contributed by atoms with van der Waals surface area (Å²) in [7, 11) is 0. The van der Waals surface area contributed by atoms with Gasteiger partial charge in [0.05, 0.1) is 11.7 Å². The van der Waals surface area contributed by atoms with Gasteiger partial charge in [-0.15, -0.1) is 11.3 Å². The summed E-state index contributed by atoms with van der Waals surface area (Å²) in [6.45, 7) is 9.11. The summed E-state index contributed by atoms with van der Waals surface area (Å²) in [5.74, 6) is -0.0529. The van der Waals surface area contributed by atoms with Gasteiger partial charge in [0, 0.05) is 18.0 Å². The number of likely N-dealkylation sites (N-methyl/N-ethyl adjacent to an activating group) is 1. The molecule has 6 heteroatoms. The molecule has 2 aromatic rings. The van der Waals surface area contributed by atoms with Gasteiger partial charge in [0.1, 0.15) is 11.4 Å². The van der Waals surface area contributed by atoms with Crippen LogP contribution in [0.3, 0.4) is 0 Å². The molecule has 0 aromatic carbocycles. The van der Waals surface area contributed by atoms with Crippen molar-refractivity contribution in [3.05, 3.63) is 27.1 Å². The van der Waals surface area contributed by atoms with Gasteiger partial charge in [0.2, 0.25) is 5.91 Å². The molecule has 1 amide bonds. The van der Waals surface area contributed by atoms with Gasteiger partial charge in [-0.25, -0.2) is 4.98 Å². The summed E-state index contributed by atoms with van der Waals surface area (Å²) in [5.41, 5.74) is 0.837. The van der Waals surface area contributed by atoms with Crippen molar-refractivity contribution in [2.75, 3.05) is 13.1 Å². The van der Waals surface area contributed by atoms with E-state index in [0.29, 0.717) is 18.5 Å². The molecule has 0 saturated heterocycles. The molecule has 2 heterocycles. The fourth-order valence-corrected chi connectivity index (χ4v) is 3.19. The van der Waals surface area contributed by atoms with Crippen LogP contribution < -0.4 is 5.56 Å². The summed E-state index contributed by atoms with van der Waals surface area (Å²) >= 11 is 1.52. The van der Waals surface area contributed by atoms with Crippen molar-refractivity contribution in [2.24, 2.45) is 0 Å². The van der Waals surface area contributed by atoms with Crippen molar-refractivity contribution in [1.29, 1.82) is 0 Å². The number of rotatable bonds is 4. The molecule has 0 saturated carbocycles. The topological polar surface area (TPSA) is 55.2 Å². The largest absolute Gasteiger partial charge is 0.342 e. The number of hydrogen-bond acceptors (Lipinski definition) is 4. The molecule has 0 bridgehead atoms. The molecule has 20 heavy (non-hydrogen) atoms. The molecule has 0 aliphatic rings. The van der Waals surface area contributed by atoms with Crippen LogP contribution in [0.5, 0.6) is 0 Å². The minimum absolute atomic E-state index is 0.0529. The van der Waals surface area contributed by atoms with Crippen LogP contribution in [0.25, 0.3) is 10.2 Å². The van der Waals surface area contributed by atoms with Crippen LogP contribution in [-0.2, 0) is 11.3 Å². The molecule has 0 radical (unpaired) electrons. The summed E-state index contributed by atoms with van der Waals surface area (Å²) in [6, 6.07) is 0. The van der Waals surface area contributed by atoms with E-state index in [0.717, 1.165) is 15.3 Å². The lowest BCUT2D eigenvalue weighted by molar-refractivity contribution is -0.131. The quantitative estimate of drug-likeness (QED) is 0.865. The number of carbonyl (C=O) groups is 1. The monoisotopic (exact) mass is 293 g/mol. The second-order valence-corrected chi connectivity index (χ2v) is 5.91. The lowest BCUT2D eigenvalue weighted by Gasteiger charge is -2.18. The zero-order chi connectivity index (χ0) is 14.9. The number of aryl methyl sites for hydroxylation is 2. The first kappa shape index (κ1) is 14.7. The van der Waals surface area contributed by atoms with Gasteiger partial charge in [0.25, 0.3) is 5.56 Å². The lowest BCUT2D eigenvalue weighted by atomic mass is 10.2. The fourth-order valence-electron chi connectivity index (χ4n) is 2.20. The minimum atomic E-state index is -0.127. The standard InChI is InChI=1S/C14H19N3O2S/c1-5-16(6-2)11(18)7-17-8-15-13-12(14(17)19)9(3)10(4)20-13/h8H,5-7H2,1-4H3. The highest BCUT2D eigenvalue weighted by molar-refractivity contribution is 7.18. The number of hydrogen-bond donors (Lipinski definition) is 0. The number of carbonyl (C=O) groups excluding carboxylic acids is 1. The SMILES string of the molecule is CCN(CC)C(=O)Cn1cnc2sc(C)c(C)c2c1=O. The van der Waals surface area contributed by atoms with Gasteiger partial charge in [-0.05, 0) is 33.3 Å². The van der Waals surface area contributed by atoms with Crippen LogP contribution in [-0.4, -0.2) is 33.4 Å². The van der Waals surface area contributed by atoms with E-state index >= 15 is 0 Å². The number of thiophene rings is 1. The Morgan fingerprint density at radius 2 is 2.00 bits per heavy atom. The maximum absolute atomic E-state index is 12.5. The molecule has 0 unspecified atom stereocenters. The number of nitrogens with zero attached hydrogens (tertiary/aromatic N) is 3. The Kier molecular flexibility index (Phi) is 4.23. The van der Waals surface area contributed by atoms with E-state index in [4.69, 9.17) is 0 Å². The van der Waals surface area contributed by atoms with Crippen LogP contribution in [0.15, 0.2) is 11.1 Å². The Bertz CT molecular complexity index is 698. The lowest BCUT2D eigenvalue weighted by Crippen LogP contribution is -2.36. The smallest absolute Gasteiger partial charge is 0.262 e. The predicted octanol–water partition coefficient (Wildman–Crippen LogP) is 1.94. The van der Waals surface area contributed by atoms with Crippen LogP contribution in [0, 0.1) is 13.8 Å². The van der Waals surface area contributed by atoms with Gasteiger partial charge >= 0.3 is 0 Å². The van der Waals surface area contributed by atoms with Crippen LogP contribution >= 0.6 is 11.3 Å². The van der Waals surface area contributed by atoms with E-state index < -0.39 is 0 Å². The molecule has 2 aromatic heterocycles. The highest BCUT2D eigenvalue weighted by Gasteiger charge is 2.15. The maximum atomic E-state index is 12.5. The Hall–Kier alpha value is -1.69. The predicted molar refractivity (Wildman–Crippen MR) is 81.3 cm³/mol. The molecular formula is C14H19N3O2S. The van der Waals surface area contributed by atoms with Crippen molar-refractivity contribution < 1.29 is 4.79 Å². The molecule has 0 aliphatic heterocycles. The summed E-state index contributed by atoms with van der Waals surface area (Å²) in [4.78, 5) is 32.4. The molecular weight excluding hydrogens is 274 g/mol. The van der Waals surface area contributed by atoms with E-state index in [1.54, 1.807) is 4.90 Å². The summed E-state index contributed by atoms with van der Waals surface area (Å²) in [6.07, 6.45) is 1.47. The Balaban J connectivity index is 2.41. The van der Waals surface area contributed by atoms with Crippen molar-refractivity contribution in [1.82, 2.24) is 14.5 Å². The molecule has 0 fully saturated rings. The average molecular weight is 293 g/mol. The first-order chi connectivity index (χ1) is 9.49. The number of amides is 1. The third-order valence-corrected chi connectivity index (χ3v) is 4.69. The highest BCUT2D eigenvalue weighted by atomic mass is 32.1. The van der Waals surface area contributed by atoms with Crippen LogP contribution in [0.1, 0.15) is 24.3 Å². The zero-order valence-corrected chi connectivity index (χ0v) is 13.1. The second-order valence-electron chi connectivity index (χ2n) is 4.71. The van der Waals surface area contributed by atoms with Gasteiger partial charge in [-0.1, -0.05) is 0 Å². The second kappa shape index (κ2) is 5.75. The van der Waals surface area contributed by atoms with E-state index in [1.807, 2.05) is 27.7 Å². The van der Waals surface area contributed by atoms with Crippen LogP contribution in [0.4, 0.5) is 0 Å². The number of aromatic nitrogens is 2. The molecule has 108 valence electrons. The molecule has 2 rings (SSSR count). The highest BCUT2D eigenvalue weighted by Crippen LogP contribution is 2.25. The Labute approximate surface area is 121 Å². The summed E-state index contributed by atoms with van der Waals surface area (Å²) < 4.78 is 1.40.